The van der Waals surface area contributed by atoms with Crippen LogP contribution in [-0.4, -0.2) is 50.1 Å². The van der Waals surface area contributed by atoms with E-state index in [-0.39, 0.29) is 41.3 Å². The first kappa shape index (κ1) is 19.4. The van der Waals surface area contributed by atoms with Crippen molar-refractivity contribution in [3.8, 4) is 0 Å². The number of nitrogens with one attached hydrogen (secondary N) is 1. The van der Waals surface area contributed by atoms with E-state index in [1.807, 2.05) is 6.92 Å². The minimum absolute atomic E-state index is 0.00151. The monoisotopic (exact) mass is 356 g/mol. The fourth-order valence-electron chi connectivity index (χ4n) is 2.94. The smallest absolute Gasteiger partial charge is 0.326 e. The van der Waals surface area contributed by atoms with Crippen LogP contribution in [0.3, 0.4) is 0 Å². The number of nitrogens with zero attached hydrogens (tertiary/aromatic N) is 1. The lowest BCUT2D eigenvalue weighted by Gasteiger charge is -2.39. The van der Waals surface area contributed by atoms with Crippen LogP contribution in [0.15, 0.2) is 0 Å². The van der Waals surface area contributed by atoms with Crippen LogP contribution in [-0.2, 0) is 14.0 Å². The van der Waals surface area contributed by atoms with Crippen LogP contribution in [0.4, 0.5) is 4.79 Å². The summed E-state index contributed by atoms with van der Waals surface area (Å²) in [7, 11) is -1.90. The highest BCUT2D eigenvalue weighted by atomic mass is 28.4. The minimum atomic E-state index is -1.90. The molecular weight excluding hydrogens is 324 g/mol. The van der Waals surface area contributed by atoms with Crippen molar-refractivity contribution in [1.82, 2.24) is 10.2 Å². The largest absolute Gasteiger partial charge is 0.411 e. The van der Waals surface area contributed by atoms with Crippen LogP contribution in [0.1, 0.15) is 47.5 Å². The number of amides is 3. The van der Waals surface area contributed by atoms with E-state index in [9.17, 15) is 9.59 Å². The SMILES string of the molecule is CCC1OC(N2CC(C)C(=O)NC2=O)CC1O[Si](C)(C)C(C)(C)C. The van der Waals surface area contributed by atoms with Crippen LogP contribution in [0.2, 0.25) is 18.1 Å². The molecule has 0 saturated carbocycles. The van der Waals surface area contributed by atoms with Crippen molar-refractivity contribution in [3.63, 3.8) is 0 Å². The summed E-state index contributed by atoms with van der Waals surface area (Å²) in [6.07, 6.45) is 1.19. The molecule has 138 valence electrons. The van der Waals surface area contributed by atoms with Crippen molar-refractivity contribution in [2.75, 3.05) is 6.54 Å². The van der Waals surface area contributed by atoms with Crippen molar-refractivity contribution < 1.29 is 18.8 Å². The highest BCUT2D eigenvalue weighted by Gasteiger charge is 2.47. The van der Waals surface area contributed by atoms with Crippen molar-refractivity contribution in [2.45, 2.75) is 84.0 Å². The number of hydrogen-bond acceptors (Lipinski definition) is 4. The second kappa shape index (κ2) is 6.76. The van der Waals surface area contributed by atoms with Gasteiger partial charge in [-0.15, -0.1) is 0 Å². The van der Waals surface area contributed by atoms with Crippen molar-refractivity contribution >= 4 is 20.3 Å². The third-order valence-electron chi connectivity index (χ3n) is 5.59. The number of imide groups is 1. The molecule has 2 aliphatic rings. The van der Waals surface area contributed by atoms with E-state index in [1.165, 1.54) is 0 Å². The quantitative estimate of drug-likeness (QED) is 0.786. The van der Waals surface area contributed by atoms with Gasteiger partial charge in [0.1, 0.15) is 6.23 Å². The zero-order valence-corrected chi connectivity index (χ0v) is 17.0. The summed E-state index contributed by atoms with van der Waals surface area (Å²) in [4.78, 5) is 25.4. The van der Waals surface area contributed by atoms with Crippen molar-refractivity contribution in [2.24, 2.45) is 5.92 Å². The van der Waals surface area contributed by atoms with E-state index in [1.54, 1.807) is 4.90 Å². The van der Waals surface area contributed by atoms with Gasteiger partial charge in [-0.2, -0.15) is 0 Å². The topological polar surface area (TPSA) is 67.9 Å². The maximum atomic E-state index is 12.2. The molecule has 2 fully saturated rings. The Morgan fingerprint density at radius 1 is 1.33 bits per heavy atom. The zero-order valence-electron chi connectivity index (χ0n) is 16.0. The van der Waals surface area contributed by atoms with Gasteiger partial charge in [0.25, 0.3) is 0 Å². The summed E-state index contributed by atoms with van der Waals surface area (Å²) in [6.45, 7) is 15.4. The van der Waals surface area contributed by atoms with Crippen LogP contribution < -0.4 is 5.32 Å². The Labute approximate surface area is 146 Å². The molecule has 0 radical (unpaired) electrons. The number of hydrogen-bond donors (Lipinski definition) is 1. The molecule has 3 amide bonds. The highest BCUT2D eigenvalue weighted by molar-refractivity contribution is 6.74. The molecule has 0 spiro atoms. The Balaban J connectivity index is 2.09. The Morgan fingerprint density at radius 3 is 2.50 bits per heavy atom. The predicted octanol–water partition coefficient (Wildman–Crippen LogP) is 3.09. The van der Waals surface area contributed by atoms with E-state index in [2.05, 4.69) is 46.1 Å². The molecule has 7 heteroatoms. The fourth-order valence-corrected chi connectivity index (χ4v) is 4.30. The molecule has 2 aliphatic heterocycles. The van der Waals surface area contributed by atoms with Crippen LogP contribution in [0.25, 0.3) is 0 Å². The first-order chi connectivity index (χ1) is 11.0. The molecule has 0 bridgehead atoms. The van der Waals surface area contributed by atoms with Gasteiger partial charge in [-0.1, -0.05) is 34.6 Å². The lowest BCUT2D eigenvalue weighted by atomic mass is 10.1. The summed E-state index contributed by atoms with van der Waals surface area (Å²) in [5.74, 6) is -0.429. The second-order valence-corrected chi connectivity index (χ2v) is 13.3. The van der Waals surface area contributed by atoms with E-state index < -0.39 is 8.32 Å². The molecule has 0 aliphatic carbocycles. The van der Waals surface area contributed by atoms with Crippen LogP contribution in [0.5, 0.6) is 0 Å². The predicted molar refractivity (Wildman–Crippen MR) is 95.0 cm³/mol. The van der Waals surface area contributed by atoms with Gasteiger partial charge in [0.15, 0.2) is 8.32 Å². The lowest BCUT2D eigenvalue weighted by molar-refractivity contribution is -0.128. The van der Waals surface area contributed by atoms with Gasteiger partial charge in [0.05, 0.1) is 18.1 Å². The Morgan fingerprint density at radius 2 is 1.96 bits per heavy atom. The molecule has 6 nitrogen and oxygen atoms in total. The van der Waals surface area contributed by atoms with Gasteiger partial charge >= 0.3 is 6.03 Å². The molecule has 2 heterocycles. The van der Waals surface area contributed by atoms with E-state index >= 15 is 0 Å². The lowest BCUT2D eigenvalue weighted by Crippen LogP contribution is -2.57. The first-order valence-electron chi connectivity index (χ1n) is 8.91. The fraction of sp³-hybridized carbons (Fsp3) is 0.882. The van der Waals surface area contributed by atoms with Gasteiger partial charge in [0.2, 0.25) is 5.91 Å². The maximum Gasteiger partial charge on any atom is 0.326 e. The summed E-state index contributed by atoms with van der Waals surface area (Å²) in [6, 6.07) is -0.356. The van der Waals surface area contributed by atoms with Crippen molar-refractivity contribution in [1.29, 1.82) is 0 Å². The third kappa shape index (κ3) is 3.83. The number of rotatable bonds is 4. The zero-order chi connectivity index (χ0) is 18.3. The minimum Gasteiger partial charge on any atom is -0.411 e. The van der Waals surface area contributed by atoms with Crippen molar-refractivity contribution in [3.05, 3.63) is 0 Å². The molecule has 4 atom stereocenters. The molecule has 2 saturated heterocycles. The third-order valence-corrected chi connectivity index (χ3v) is 10.1. The van der Waals surface area contributed by atoms with Gasteiger partial charge < -0.3 is 9.16 Å². The van der Waals surface area contributed by atoms with Gasteiger partial charge in [0, 0.05) is 13.0 Å². The van der Waals surface area contributed by atoms with E-state index in [4.69, 9.17) is 9.16 Å². The summed E-state index contributed by atoms with van der Waals surface area (Å²) < 4.78 is 12.7. The molecule has 0 aromatic rings. The van der Waals surface area contributed by atoms with Gasteiger partial charge in [-0.05, 0) is 24.6 Å². The molecule has 2 rings (SSSR count). The first-order valence-corrected chi connectivity index (χ1v) is 11.8. The second-order valence-electron chi connectivity index (χ2n) is 8.54. The molecule has 0 aromatic carbocycles. The highest BCUT2D eigenvalue weighted by Crippen LogP contribution is 2.40. The van der Waals surface area contributed by atoms with Gasteiger partial charge in [-0.3, -0.25) is 15.0 Å². The summed E-state index contributed by atoms with van der Waals surface area (Å²) >= 11 is 0. The molecule has 0 aromatic heterocycles. The average Bonchev–Trinajstić information content (AvgIpc) is 2.83. The maximum absolute atomic E-state index is 12.2. The van der Waals surface area contributed by atoms with E-state index in [0.717, 1.165) is 6.42 Å². The number of ether oxygens (including phenoxy) is 1. The Hall–Kier alpha value is -0.923. The Kier molecular flexibility index (Phi) is 5.47. The van der Waals surface area contributed by atoms with Crippen LogP contribution in [0, 0.1) is 5.92 Å². The van der Waals surface area contributed by atoms with Crippen LogP contribution >= 0.6 is 0 Å². The number of carbonyl (C=O) groups excluding carboxylic acids is 2. The molecule has 24 heavy (non-hydrogen) atoms. The summed E-state index contributed by atoms with van der Waals surface area (Å²) in [5, 5.41) is 2.54. The number of carbonyl (C=O) groups is 2. The van der Waals surface area contributed by atoms with Gasteiger partial charge in [-0.25, -0.2) is 4.79 Å². The molecule has 1 N–H and O–H groups in total. The standard InChI is InChI=1S/C17H32N2O4Si/c1-8-12-13(23-24(6,7)17(3,4)5)9-14(22-12)19-10-11(2)15(20)18-16(19)21/h11-14H,8-10H2,1-7H3,(H,18,20,21). The normalized spacial score (nSPS) is 32.2. The average molecular weight is 357 g/mol. The molecular formula is C17H32N2O4Si. The number of urea groups is 1. The molecule has 4 unspecified atom stereocenters. The summed E-state index contributed by atoms with van der Waals surface area (Å²) in [5.41, 5.74) is 0. The van der Waals surface area contributed by atoms with E-state index in [0.29, 0.717) is 13.0 Å². The Bertz CT molecular complexity index is 503.